The average molecular weight is 166 g/mol. The van der Waals surface area contributed by atoms with Gasteiger partial charge < -0.3 is 16.8 Å². The van der Waals surface area contributed by atoms with Crippen molar-refractivity contribution in [3.63, 3.8) is 0 Å². The first-order valence-corrected chi connectivity index (χ1v) is 3.26. The van der Waals surface area contributed by atoms with Crippen LogP contribution in [0.25, 0.3) is 0 Å². The molecule has 0 fully saturated rings. The van der Waals surface area contributed by atoms with Crippen LogP contribution in [-0.2, 0) is 9.59 Å². The molecule has 0 aromatic heterocycles. The highest BCUT2D eigenvalue weighted by Gasteiger charge is 2.17. The molecule has 1 unspecified atom stereocenters. The second-order valence-electron chi connectivity index (χ2n) is 2.26. The van der Waals surface area contributed by atoms with Crippen molar-refractivity contribution in [1.82, 2.24) is 5.32 Å². The first kappa shape index (κ1) is 8.32. The van der Waals surface area contributed by atoms with Crippen molar-refractivity contribution in [2.75, 3.05) is 0 Å². The zero-order chi connectivity index (χ0) is 9.14. The SMILES string of the molecule is NC(=O)C1=CC=[C]C(C(N)=O)N1. The van der Waals surface area contributed by atoms with Gasteiger partial charge in [0, 0.05) is 0 Å². The molecule has 1 rings (SSSR count). The molecule has 2 amide bonds. The zero-order valence-electron chi connectivity index (χ0n) is 6.20. The second-order valence-corrected chi connectivity index (χ2v) is 2.26. The van der Waals surface area contributed by atoms with Gasteiger partial charge in [0.1, 0.15) is 11.7 Å². The number of primary amides is 2. The molecule has 12 heavy (non-hydrogen) atoms. The van der Waals surface area contributed by atoms with Gasteiger partial charge in [0.25, 0.3) is 5.91 Å². The van der Waals surface area contributed by atoms with Crippen LogP contribution in [0.3, 0.4) is 0 Å². The van der Waals surface area contributed by atoms with Crippen molar-refractivity contribution in [2.45, 2.75) is 6.04 Å². The predicted molar refractivity (Wildman–Crippen MR) is 41.2 cm³/mol. The van der Waals surface area contributed by atoms with Crippen molar-refractivity contribution in [3.8, 4) is 0 Å². The number of rotatable bonds is 2. The van der Waals surface area contributed by atoms with Gasteiger partial charge in [-0.25, -0.2) is 0 Å². The summed E-state index contributed by atoms with van der Waals surface area (Å²) in [6, 6.07) is -0.766. The smallest absolute Gasteiger partial charge is 0.264 e. The monoisotopic (exact) mass is 166 g/mol. The molecule has 1 heterocycles. The van der Waals surface area contributed by atoms with Gasteiger partial charge in [-0.15, -0.1) is 0 Å². The molecule has 63 valence electrons. The molecule has 1 aliphatic heterocycles. The number of hydrogen-bond acceptors (Lipinski definition) is 3. The summed E-state index contributed by atoms with van der Waals surface area (Å²) in [6.07, 6.45) is 5.48. The minimum atomic E-state index is -0.766. The summed E-state index contributed by atoms with van der Waals surface area (Å²) in [5.41, 5.74) is 10.1. The highest BCUT2D eigenvalue weighted by atomic mass is 16.2. The van der Waals surface area contributed by atoms with Gasteiger partial charge in [-0.3, -0.25) is 9.59 Å². The molecule has 0 bridgehead atoms. The molecule has 5 N–H and O–H groups in total. The average Bonchev–Trinajstić information content (AvgIpc) is 2.04. The maximum atomic E-state index is 10.6. The Hall–Kier alpha value is -1.78. The Bertz CT molecular complexity index is 280. The molecule has 0 aliphatic carbocycles. The molecule has 5 nitrogen and oxygen atoms in total. The van der Waals surface area contributed by atoms with Gasteiger partial charge in [0.05, 0.1) is 0 Å². The van der Waals surface area contributed by atoms with E-state index in [0.717, 1.165) is 0 Å². The number of hydrogen-bond donors (Lipinski definition) is 3. The Labute approximate surface area is 69.1 Å². The lowest BCUT2D eigenvalue weighted by Gasteiger charge is -2.15. The number of carbonyl (C=O) groups is 2. The van der Waals surface area contributed by atoms with Crippen molar-refractivity contribution in [3.05, 3.63) is 23.9 Å². The maximum Gasteiger partial charge on any atom is 0.264 e. The molecule has 0 aromatic rings. The molecule has 1 aliphatic rings. The summed E-state index contributed by atoms with van der Waals surface area (Å²) in [5.74, 6) is -1.22. The van der Waals surface area contributed by atoms with Crippen LogP contribution in [0.15, 0.2) is 17.8 Å². The number of nitrogens with one attached hydrogen (secondary N) is 1. The minimum absolute atomic E-state index is 0.164. The highest BCUT2D eigenvalue weighted by molar-refractivity contribution is 5.93. The van der Waals surface area contributed by atoms with Crippen molar-refractivity contribution in [2.24, 2.45) is 11.5 Å². The van der Waals surface area contributed by atoms with Crippen LogP contribution in [0.5, 0.6) is 0 Å². The van der Waals surface area contributed by atoms with Crippen LogP contribution in [0.4, 0.5) is 0 Å². The van der Waals surface area contributed by atoms with Crippen LogP contribution < -0.4 is 16.8 Å². The van der Waals surface area contributed by atoms with Crippen molar-refractivity contribution in [1.29, 1.82) is 0 Å². The van der Waals surface area contributed by atoms with E-state index in [1.807, 2.05) is 0 Å². The first-order valence-electron chi connectivity index (χ1n) is 3.26. The van der Waals surface area contributed by atoms with Crippen LogP contribution in [0, 0.1) is 6.08 Å². The Morgan fingerprint density at radius 2 is 2.17 bits per heavy atom. The lowest BCUT2D eigenvalue weighted by molar-refractivity contribution is -0.119. The van der Waals surface area contributed by atoms with E-state index in [-0.39, 0.29) is 5.70 Å². The fourth-order valence-corrected chi connectivity index (χ4v) is 0.779. The molecule has 1 radical (unpaired) electrons. The first-order chi connectivity index (χ1) is 5.61. The van der Waals surface area contributed by atoms with Crippen LogP contribution in [0.1, 0.15) is 0 Å². The quantitative estimate of drug-likeness (QED) is 0.450. The number of allylic oxidation sites excluding steroid dienone is 2. The van der Waals surface area contributed by atoms with E-state index in [0.29, 0.717) is 0 Å². The Morgan fingerprint density at radius 1 is 1.50 bits per heavy atom. The Balaban J connectivity index is 2.74. The number of amides is 2. The fraction of sp³-hybridized carbons (Fsp3) is 0.143. The van der Waals surface area contributed by atoms with E-state index in [4.69, 9.17) is 11.5 Å². The lowest BCUT2D eigenvalue weighted by atomic mass is 10.1. The van der Waals surface area contributed by atoms with Gasteiger partial charge in [-0.1, -0.05) is 6.08 Å². The van der Waals surface area contributed by atoms with E-state index in [1.54, 1.807) is 0 Å². The van der Waals surface area contributed by atoms with Crippen LogP contribution in [0.2, 0.25) is 0 Å². The summed E-state index contributed by atoms with van der Waals surface area (Å²) in [4.78, 5) is 21.2. The van der Waals surface area contributed by atoms with Gasteiger partial charge in [0.2, 0.25) is 5.91 Å². The largest absolute Gasteiger partial charge is 0.368 e. The van der Waals surface area contributed by atoms with Gasteiger partial charge in [-0.2, -0.15) is 0 Å². The summed E-state index contributed by atoms with van der Waals surface area (Å²) >= 11 is 0. The zero-order valence-corrected chi connectivity index (χ0v) is 6.20. The van der Waals surface area contributed by atoms with Crippen LogP contribution >= 0.6 is 0 Å². The van der Waals surface area contributed by atoms with Crippen LogP contribution in [-0.4, -0.2) is 17.9 Å². The summed E-state index contributed by atoms with van der Waals surface area (Å²) in [6.45, 7) is 0. The van der Waals surface area contributed by atoms with E-state index < -0.39 is 17.9 Å². The second kappa shape index (κ2) is 3.08. The predicted octanol–water partition coefficient (Wildman–Crippen LogP) is -1.83. The van der Waals surface area contributed by atoms with Gasteiger partial charge >= 0.3 is 0 Å². The number of dihydropyridines is 1. The Morgan fingerprint density at radius 3 is 2.67 bits per heavy atom. The molecule has 0 saturated heterocycles. The molecule has 0 saturated carbocycles. The highest BCUT2D eigenvalue weighted by Crippen LogP contribution is 1.99. The molecule has 1 atom stereocenters. The van der Waals surface area contributed by atoms with E-state index in [2.05, 4.69) is 11.4 Å². The minimum Gasteiger partial charge on any atom is -0.368 e. The third kappa shape index (κ3) is 1.63. The molecule has 0 aromatic carbocycles. The van der Waals surface area contributed by atoms with E-state index >= 15 is 0 Å². The molecular weight excluding hydrogens is 158 g/mol. The van der Waals surface area contributed by atoms with E-state index in [9.17, 15) is 9.59 Å². The third-order valence-corrected chi connectivity index (χ3v) is 1.36. The summed E-state index contributed by atoms with van der Waals surface area (Å²) in [5, 5.41) is 2.52. The maximum absolute atomic E-state index is 10.6. The molecule has 0 spiro atoms. The normalized spacial score (nSPS) is 21.0. The van der Waals surface area contributed by atoms with Crippen molar-refractivity contribution < 1.29 is 9.59 Å². The number of carbonyl (C=O) groups excluding carboxylic acids is 2. The molecule has 5 heteroatoms. The Kier molecular flexibility index (Phi) is 2.14. The van der Waals surface area contributed by atoms with E-state index in [1.165, 1.54) is 12.2 Å². The molecular formula is C7H8N3O2. The van der Waals surface area contributed by atoms with Gasteiger partial charge in [0.15, 0.2) is 0 Å². The summed E-state index contributed by atoms with van der Waals surface area (Å²) in [7, 11) is 0. The van der Waals surface area contributed by atoms with Crippen molar-refractivity contribution >= 4 is 11.8 Å². The topological polar surface area (TPSA) is 98.2 Å². The standard InChI is InChI=1S/C7H8N3O2/c8-6(11)4-2-1-3-5(10-4)7(9)12/h1-2,5,10H,(H2,8,11)(H2,9,12). The lowest BCUT2D eigenvalue weighted by Crippen LogP contribution is -2.43. The summed E-state index contributed by atoms with van der Waals surface area (Å²) < 4.78 is 0. The fourth-order valence-electron chi connectivity index (χ4n) is 0.779. The third-order valence-electron chi connectivity index (χ3n) is 1.36. The number of nitrogens with two attached hydrogens (primary N) is 2. The van der Waals surface area contributed by atoms with Gasteiger partial charge in [-0.05, 0) is 12.2 Å².